The largest absolute Gasteiger partial charge is 0.336 e. The number of nitrogens with zero attached hydrogens (tertiary/aromatic N) is 2. The molecule has 0 radical (unpaired) electrons. The lowest BCUT2D eigenvalue weighted by molar-refractivity contribution is -0.386. The normalized spacial score (nSPS) is 14.7. The van der Waals surface area contributed by atoms with Crippen LogP contribution in [0.15, 0.2) is 42.4 Å². The number of hydrogen-bond acceptors (Lipinski definition) is 3. The summed E-state index contributed by atoms with van der Waals surface area (Å²) in [5.41, 5.74) is -0.610. The molecule has 2 rings (SSSR count). The molecule has 6 heteroatoms. The predicted octanol–water partition coefficient (Wildman–Crippen LogP) is 2.92. The second-order valence-corrected chi connectivity index (χ2v) is 3.43. The minimum Gasteiger partial charge on any atom is -0.336 e. The van der Waals surface area contributed by atoms with Gasteiger partial charge in [-0.1, -0.05) is 12.1 Å². The standard InChI is InChI=1S/C11H8F2N2O2/c12-8-3-2-6-14(7-8)10-5-1-4-9(13)11(10)15(16)17/h1-5,7H,6H2. The Hall–Kier alpha value is -2.24. The van der Waals surface area contributed by atoms with E-state index in [0.717, 1.165) is 12.3 Å². The van der Waals surface area contributed by atoms with Crippen LogP contribution in [0, 0.1) is 15.9 Å². The Morgan fingerprint density at radius 3 is 2.76 bits per heavy atom. The molecule has 17 heavy (non-hydrogen) atoms. The van der Waals surface area contributed by atoms with Crippen molar-refractivity contribution in [3.63, 3.8) is 0 Å². The molecule has 0 fully saturated rings. The van der Waals surface area contributed by atoms with E-state index >= 15 is 0 Å². The Bertz CT molecular complexity index is 526. The Morgan fingerprint density at radius 2 is 2.12 bits per heavy atom. The molecular weight excluding hydrogens is 230 g/mol. The van der Waals surface area contributed by atoms with Gasteiger partial charge in [-0.2, -0.15) is 4.39 Å². The zero-order valence-electron chi connectivity index (χ0n) is 8.64. The molecule has 0 N–H and O–H groups in total. The number of halogens is 2. The van der Waals surface area contributed by atoms with E-state index < -0.39 is 22.3 Å². The van der Waals surface area contributed by atoms with Crippen LogP contribution in [-0.2, 0) is 0 Å². The average Bonchev–Trinajstić information content (AvgIpc) is 2.28. The highest BCUT2D eigenvalue weighted by Gasteiger charge is 2.23. The van der Waals surface area contributed by atoms with Gasteiger partial charge in [0.25, 0.3) is 0 Å². The number of hydrogen-bond donors (Lipinski definition) is 0. The lowest BCUT2D eigenvalue weighted by Crippen LogP contribution is -2.20. The van der Waals surface area contributed by atoms with E-state index in [4.69, 9.17) is 0 Å². The van der Waals surface area contributed by atoms with E-state index in [2.05, 4.69) is 0 Å². The third-order valence-corrected chi connectivity index (χ3v) is 2.32. The first kappa shape index (κ1) is 11.3. The molecule has 0 atom stereocenters. The lowest BCUT2D eigenvalue weighted by Gasteiger charge is -2.20. The first-order chi connectivity index (χ1) is 8.09. The van der Waals surface area contributed by atoms with Crippen molar-refractivity contribution in [3.05, 3.63) is 58.3 Å². The van der Waals surface area contributed by atoms with Gasteiger partial charge in [-0.05, 0) is 18.2 Å². The summed E-state index contributed by atoms with van der Waals surface area (Å²) >= 11 is 0. The Kier molecular flexibility index (Phi) is 2.86. The summed E-state index contributed by atoms with van der Waals surface area (Å²) in [5, 5.41) is 10.8. The second kappa shape index (κ2) is 4.32. The zero-order valence-corrected chi connectivity index (χ0v) is 8.64. The quantitative estimate of drug-likeness (QED) is 0.587. The van der Waals surface area contributed by atoms with Crippen molar-refractivity contribution in [1.82, 2.24) is 0 Å². The maximum absolute atomic E-state index is 13.4. The van der Waals surface area contributed by atoms with E-state index in [1.54, 1.807) is 0 Å². The van der Waals surface area contributed by atoms with Crippen LogP contribution in [0.2, 0.25) is 0 Å². The highest BCUT2D eigenvalue weighted by Crippen LogP contribution is 2.32. The van der Waals surface area contributed by atoms with Gasteiger partial charge in [0.15, 0.2) is 0 Å². The third-order valence-electron chi connectivity index (χ3n) is 2.32. The molecule has 0 bridgehead atoms. The van der Waals surface area contributed by atoms with Crippen LogP contribution in [-0.4, -0.2) is 11.5 Å². The van der Waals surface area contributed by atoms with Crippen molar-refractivity contribution >= 4 is 11.4 Å². The van der Waals surface area contributed by atoms with Gasteiger partial charge in [-0.3, -0.25) is 10.1 Å². The minimum absolute atomic E-state index is 0.0366. The molecule has 1 aliphatic heterocycles. The molecule has 0 spiro atoms. The number of rotatable bonds is 2. The van der Waals surface area contributed by atoms with Gasteiger partial charge in [0.2, 0.25) is 5.82 Å². The average molecular weight is 238 g/mol. The molecule has 1 aromatic carbocycles. The van der Waals surface area contributed by atoms with Crippen LogP contribution in [0.4, 0.5) is 20.2 Å². The van der Waals surface area contributed by atoms with Crippen molar-refractivity contribution in [2.24, 2.45) is 0 Å². The van der Waals surface area contributed by atoms with Gasteiger partial charge < -0.3 is 4.90 Å². The highest BCUT2D eigenvalue weighted by molar-refractivity contribution is 5.66. The molecule has 0 aromatic heterocycles. The fraction of sp³-hybridized carbons (Fsp3) is 0.0909. The Morgan fingerprint density at radius 1 is 1.35 bits per heavy atom. The van der Waals surface area contributed by atoms with Gasteiger partial charge in [0.1, 0.15) is 11.5 Å². The first-order valence-electron chi connectivity index (χ1n) is 4.83. The monoisotopic (exact) mass is 238 g/mol. The van der Waals surface area contributed by atoms with Crippen LogP contribution >= 0.6 is 0 Å². The molecule has 1 heterocycles. The number of nitro benzene ring substituents is 1. The summed E-state index contributed by atoms with van der Waals surface area (Å²) in [6.45, 7) is 0.262. The molecular formula is C11H8F2N2O2. The maximum Gasteiger partial charge on any atom is 0.328 e. The minimum atomic E-state index is -0.934. The lowest BCUT2D eigenvalue weighted by atomic mass is 10.2. The van der Waals surface area contributed by atoms with Crippen LogP contribution in [0.1, 0.15) is 0 Å². The second-order valence-electron chi connectivity index (χ2n) is 3.43. The summed E-state index contributed by atoms with van der Waals surface area (Å²) in [6, 6.07) is 3.73. The van der Waals surface area contributed by atoms with Crippen LogP contribution in [0.5, 0.6) is 0 Å². The number of allylic oxidation sites excluding steroid dienone is 2. The first-order valence-corrected chi connectivity index (χ1v) is 4.83. The van der Waals surface area contributed by atoms with E-state index in [1.807, 2.05) is 0 Å². The molecule has 0 saturated heterocycles. The fourth-order valence-electron chi connectivity index (χ4n) is 1.61. The summed E-state index contributed by atoms with van der Waals surface area (Å²) < 4.78 is 26.4. The summed E-state index contributed by atoms with van der Waals surface area (Å²) in [7, 11) is 0. The Labute approximate surface area is 95.6 Å². The third kappa shape index (κ3) is 2.15. The fourth-order valence-corrected chi connectivity index (χ4v) is 1.61. The maximum atomic E-state index is 13.4. The molecule has 4 nitrogen and oxygen atoms in total. The van der Waals surface area contributed by atoms with Crippen LogP contribution in [0.3, 0.4) is 0 Å². The SMILES string of the molecule is O=[N+]([O-])c1c(F)cccc1N1C=C(F)C=CC1. The van der Waals surface area contributed by atoms with Crippen molar-refractivity contribution in [1.29, 1.82) is 0 Å². The van der Waals surface area contributed by atoms with E-state index in [-0.39, 0.29) is 12.2 Å². The predicted molar refractivity (Wildman–Crippen MR) is 58.7 cm³/mol. The van der Waals surface area contributed by atoms with Crippen molar-refractivity contribution < 1.29 is 13.7 Å². The Balaban J connectivity index is 2.49. The van der Waals surface area contributed by atoms with Crippen molar-refractivity contribution in [3.8, 4) is 0 Å². The van der Waals surface area contributed by atoms with Gasteiger partial charge in [0, 0.05) is 12.7 Å². The molecule has 1 aliphatic rings. The zero-order chi connectivity index (χ0) is 12.4. The van der Waals surface area contributed by atoms with Gasteiger partial charge in [-0.15, -0.1) is 0 Å². The van der Waals surface area contributed by atoms with E-state index in [0.29, 0.717) is 0 Å². The molecule has 0 unspecified atom stereocenters. The highest BCUT2D eigenvalue weighted by atomic mass is 19.1. The van der Waals surface area contributed by atoms with Gasteiger partial charge in [0.05, 0.1) is 4.92 Å². The number of anilines is 1. The summed E-state index contributed by atoms with van der Waals surface area (Å²) in [4.78, 5) is 11.3. The van der Waals surface area contributed by atoms with Gasteiger partial charge in [-0.25, -0.2) is 4.39 Å². The van der Waals surface area contributed by atoms with Gasteiger partial charge >= 0.3 is 5.69 Å². The topological polar surface area (TPSA) is 46.4 Å². The van der Waals surface area contributed by atoms with Crippen molar-refractivity contribution in [2.75, 3.05) is 11.4 Å². The molecule has 0 aliphatic carbocycles. The van der Waals surface area contributed by atoms with E-state index in [9.17, 15) is 18.9 Å². The number of para-hydroxylation sites is 1. The van der Waals surface area contributed by atoms with Crippen LogP contribution < -0.4 is 4.90 Å². The summed E-state index contributed by atoms with van der Waals surface area (Å²) in [6.07, 6.45) is 3.85. The molecule has 1 aromatic rings. The molecule has 0 saturated carbocycles. The summed E-state index contributed by atoms with van der Waals surface area (Å²) in [5.74, 6) is -1.47. The van der Waals surface area contributed by atoms with Crippen molar-refractivity contribution in [2.45, 2.75) is 0 Å². The van der Waals surface area contributed by atoms with Crippen LogP contribution in [0.25, 0.3) is 0 Å². The molecule has 88 valence electrons. The number of benzene rings is 1. The number of nitro groups is 1. The van der Waals surface area contributed by atoms with E-state index in [1.165, 1.54) is 29.2 Å². The molecule has 0 amide bonds. The smallest absolute Gasteiger partial charge is 0.328 e.